The Morgan fingerprint density at radius 1 is 0.968 bits per heavy atom. The van der Waals surface area contributed by atoms with Crippen LogP contribution < -0.4 is 16.4 Å². The van der Waals surface area contributed by atoms with Crippen LogP contribution >= 0.6 is 46.7 Å². The first kappa shape index (κ1) is 23.9. The van der Waals surface area contributed by atoms with E-state index in [1.165, 1.54) is 23.5 Å². The van der Waals surface area contributed by atoms with Crippen molar-refractivity contribution in [1.82, 2.24) is 19.9 Å². The van der Waals surface area contributed by atoms with Crippen LogP contribution in [0.15, 0.2) is 0 Å². The second-order valence-electron chi connectivity index (χ2n) is 5.54. The molecule has 0 radical (unpaired) electrons. The third-order valence-electron chi connectivity index (χ3n) is 3.38. The highest BCUT2D eigenvalue weighted by Gasteiger charge is 2.17. The van der Waals surface area contributed by atoms with E-state index in [1.54, 1.807) is 0 Å². The van der Waals surface area contributed by atoms with Gasteiger partial charge in [0.25, 0.3) is 0 Å². The standard InChI is InChI=1S/C15H15Cl2F4N7OS2/c16-7-9(18)25-14(20)27-12(7)23-1-3-30-5-6(11(22)29)31-4-2-24-13-8(17)10(19)26-15(21)28-13/h6H,1-5H2,(H2,22,29)(H,23,25,27)(H,24,26,28)/i/hD. The number of carbonyl (C=O) groups is 1. The van der Waals surface area contributed by atoms with Gasteiger partial charge in [0.15, 0.2) is 13.0 Å². The molecular formula is C15H15Cl2F4N7OS2. The molecule has 0 bridgehead atoms. The number of hydrogen-bond acceptors (Lipinski definition) is 9. The minimum Gasteiger partial charge on any atom is -0.369 e. The van der Waals surface area contributed by atoms with E-state index in [0.717, 1.165) is 0 Å². The molecule has 1 atom stereocenters. The fraction of sp³-hybridized carbons (Fsp3) is 0.400. The van der Waals surface area contributed by atoms with Gasteiger partial charge < -0.3 is 16.4 Å². The molecule has 0 spiro atoms. The molecule has 0 aliphatic heterocycles. The van der Waals surface area contributed by atoms with Crippen molar-refractivity contribution in [3.63, 3.8) is 0 Å². The molecule has 170 valence electrons. The Bertz CT molecular complexity index is 953. The van der Waals surface area contributed by atoms with E-state index in [9.17, 15) is 22.4 Å². The summed E-state index contributed by atoms with van der Waals surface area (Å²) in [5.41, 5.74) is 1.82. The van der Waals surface area contributed by atoms with Gasteiger partial charge in [0.2, 0.25) is 17.8 Å². The number of nitrogens with zero attached hydrogens (tertiary/aromatic N) is 4. The molecule has 2 aromatic heterocycles. The van der Waals surface area contributed by atoms with Crippen molar-refractivity contribution in [2.24, 2.45) is 5.73 Å². The minimum atomic E-state index is -1.27. The van der Waals surface area contributed by atoms with Gasteiger partial charge in [0.05, 0.1) is 5.25 Å². The van der Waals surface area contributed by atoms with Crippen LogP contribution in [0.25, 0.3) is 0 Å². The first-order chi connectivity index (χ1) is 15.2. The van der Waals surface area contributed by atoms with Crippen molar-refractivity contribution in [3.05, 3.63) is 34.1 Å². The van der Waals surface area contributed by atoms with Gasteiger partial charge in [-0.2, -0.15) is 49.3 Å². The molecule has 2 heterocycles. The highest BCUT2D eigenvalue weighted by atomic mass is 35.5. The number of nitrogens with one attached hydrogen (secondary N) is 2. The molecule has 1 amide bonds. The van der Waals surface area contributed by atoms with E-state index in [-0.39, 0.29) is 24.7 Å². The number of halogens is 6. The number of rotatable bonds is 12. The lowest BCUT2D eigenvalue weighted by Crippen LogP contribution is -2.29. The van der Waals surface area contributed by atoms with Crippen LogP contribution in [0.3, 0.4) is 0 Å². The van der Waals surface area contributed by atoms with Crippen LogP contribution in [0, 0.1) is 24.1 Å². The molecule has 0 fully saturated rings. The van der Waals surface area contributed by atoms with Crippen LogP contribution in [0.1, 0.15) is 0 Å². The summed E-state index contributed by atoms with van der Waals surface area (Å²) in [5.74, 6) is -2.23. The smallest absolute Gasteiger partial charge is 0.313 e. The molecule has 1 unspecified atom stereocenters. The quantitative estimate of drug-likeness (QED) is 0.168. The Morgan fingerprint density at radius 3 is 2.00 bits per heavy atom. The normalized spacial score (nSPS) is 12.3. The lowest BCUT2D eigenvalue weighted by Gasteiger charge is -2.14. The molecule has 0 aromatic carbocycles. The van der Waals surface area contributed by atoms with Gasteiger partial charge in [0, 0.05) is 30.3 Å². The number of nitrogens with two attached hydrogens (primary N) is 1. The molecule has 4 N–H and O–H groups in total. The first-order valence-corrected chi connectivity index (χ1v) is 11.3. The predicted molar refractivity (Wildman–Crippen MR) is 114 cm³/mol. The molecule has 0 saturated heterocycles. The number of hydrogen-bond donors (Lipinski definition) is 3. The summed E-state index contributed by atoms with van der Waals surface area (Å²) in [7, 11) is 0. The third-order valence-corrected chi connectivity index (χ3v) is 6.55. The Labute approximate surface area is 194 Å². The van der Waals surface area contributed by atoms with Gasteiger partial charge in [-0.1, -0.05) is 23.2 Å². The molecule has 8 nitrogen and oxygen atoms in total. The zero-order chi connectivity index (χ0) is 23.7. The van der Waals surface area contributed by atoms with Crippen molar-refractivity contribution in [2.75, 3.05) is 41.0 Å². The van der Waals surface area contributed by atoms with Crippen molar-refractivity contribution < 1.29 is 23.8 Å². The van der Waals surface area contributed by atoms with Crippen LogP contribution in [0.5, 0.6) is 0 Å². The van der Waals surface area contributed by atoms with Crippen molar-refractivity contribution in [3.8, 4) is 0 Å². The van der Waals surface area contributed by atoms with Crippen molar-refractivity contribution in [1.29, 1.82) is 0 Å². The van der Waals surface area contributed by atoms with E-state index in [1.807, 2.05) is 5.73 Å². The number of primary amides is 1. The molecule has 31 heavy (non-hydrogen) atoms. The zero-order valence-electron chi connectivity index (χ0n) is 16.4. The zero-order valence-corrected chi connectivity index (χ0v) is 18.5. The number of amides is 1. The Kier molecular flexibility index (Phi) is 9.49. The number of anilines is 2. The average molecular weight is 521 g/mol. The second-order valence-corrected chi connectivity index (χ2v) is 8.76. The molecule has 0 aliphatic carbocycles. The first-order valence-electron chi connectivity index (χ1n) is 8.88. The van der Waals surface area contributed by atoms with E-state index in [4.69, 9.17) is 24.6 Å². The van der Waals surface area contributed by atoms with Gasteiger partial charge in [-0.15, -0.1) is 11.8 Å². The lowest BCUT2D eigenvalue weighted by molar-refractivity contribution is -0.117. The van der Waals surface area contributed by atoms with Crippen molar-refractivity contribution in [2.45, 2.75) is 5.25 Å². The van der Waals surface area contributed by atoms with E-state index in [2.05, 4.69) is 30.6 Å². The van der Waals surface area contributed by atoms with E-state index >= 15 is 0 Å². The van der Waals surface area contributed by atoms with Crippen LogP contribution in [0.4, 0.5) is 29.2 Å². The molecule has 0 aliphatic rings. The Hall–Kier alpha value is -1.77. The molecule has 2 aromatic rings. The summed E-state index contributed by atoms with van der Waals surface area (Å²) in [4.78, 5) is 24.3. The Morgan fingerprint density at radius 2 is 1.48 bits per heavy atom. The number of carbonyl (C=O) groups excluding carboxylic acids is 1. The number of thioether (sulfide) groups is 2. The van der Waals surface area contributed by atoms with Crippen LogP contribution in [-0.4, -0.2) is 61.4 Å². The average Bonchev–Trinajstić information content (AvgIpc) is 2.75. The summed E-state index contributed by atoms with van der Waals surface area (Å²) in [6, 6.07) is 0. The monoisotopic (exact) mass is 520 g/mol. The van der Waals surface area contributed by atoms with Gasteiger partial charge in [-0.25, -0.2) is 0 Å². The molecule has 16 heteroatoms. The minimum absolute atomic E-state index is 0.178. The highest BCUT2D eigenvalue weighted by Crippen LogP contribution is 2.23. The fourth-order valence-corrected chi connectivity index (χ4v) is 4.44. The van der Waals surface area contributed by atoms with Crippen LogP contribution in [0.2, 0.25) is 11.5 Å². The van der Waals surface area contributed by atoms with E-state index < -0.39 is 45.3 Å². The van der Waals surface area contributed by atoms with Gasteiger partial charge in [-0.3, -0.25) is 4.79 Å². The maximum Gasteiger partial charge on any atom is 0.313 e. The predicted octanol–water partition coefficient (Wildman–Crippen LogP) is 2.97. The second kappa shape index (κ2) is 12.3. The van der Waals surface area contributed by atoms with Crippen LogP contribution in [-0.2, 0) is 4.79 Å². The SMILES string of the molecule is [2H]NC(=O)C(CSCCNc1nc(F)nc(F)c1Cl)SCCNc1nc(F)nc(F)c1Cl. The topological polar surface area (TPSA) is 119 Å². The highest BCUT2D eigenvalue weighted by molar-refractivity contribution is 8.03. The van der Waals surface area contributed by atoms with Gasteiger partial charge >= 0.3 is 12.2 Å². The third kappa shape index (κ3) is 8.01. The maximum absolute atomic E-state index is 13.3. The fourth-order valence-electron chi connectivity index (χ4n) is 2.02. The largest absolute Gasteiger partial charge is 0.369 e. The van der Waals surface area contributed by atoms with Gasteiger partial charge in [-0.05, 0) is 0 Å². The summed E-state index contributed by atoms with van der Waals surface area (Å²) < 4.78 is 59.7. The number of aromatic nitrogens is 4. The summed E-state index contributed by atoms with van der Waals surface area (Å²) in [5, 5.41) is 3.83. The molecular weight excluding hydrogens is 505 g/mol. The van der Waals surface area contributed by atoms with Crippen molar-refractivity contribution >= 4 is 64.3 Å². The molecule has 0 saturated carbocycles. The van der Waals surface area contributed by atoms with Gasteiger partial charge in [0.1, 0.15) is 10.0 Å². The molecule has 2 rings (SSSR count). The lowest BCUT2D eigenvalue weighted by atomic mass is 10.5. The Balaban J connectivity index is 1.76. The maximum atomic E-state index is 13.3. The summed E-state index contributed by atoms with van der Waals surface area (Å²) in [6.45, 7) is 0.419. The summed E-state index contributed by atoms with van der Waals surface area (Å²) >= 11 is 13.8. The van der Waals surface area contributed by atoms with E-state index in [0.29, 0.717) is 17.3 Å². The summed E-state index contributed by atoms with van der Waals surface area (Å²) in [6.07, 6.45) is -2.53.